The first-order valence-corrected chi connectivity index (χ1v) is 5.72. The van der Waals surface area contributed by atoms with Gasteiger partial charge in [0.15, 0.2) is 0 Å². The lowest BCUT2D eigenvalue weighted by molar-refractivity contribution is 0.0953. The normalized spacial score (nSPS) is 10.9. The summed E-state index contributed by atoms with van der Waals surface area (Å²) in [5.41, 5.74) is 3.54. The minimum Gasteiger partial charge on any atom is -0.466 e. The zero-order valence-electron chi connectivity index (χ0n) is 10.6. The average molecular weight is 260 g/mol. The highest BCUT2D eigenvalue weighted by Crippen LogP contribution is 2.13. The number of benzene rings is 1. The van der Waals surface area contributed by atoms with Gasteiger partial charge in [0, 0.05) is 0 Å². The molecule has 0 atom stereocenters. The first-order chi connectivity index (χ1) is 9.06. The molecule has 0 aliphatic rings. The summed E-state index contributed by atoms with van der Waals surface area (Å²) in [6, 6.07) is 7.44. The minimum absolute atomic E-state index is 0.314. The Balaban J connectivity index is 2.00. The first kappa shape index (κ1) is 13.0. The number of nitrogens with zero attached hydrogens (tertiary/aromatic N) is 1. The fourth-order valence-corrected chi connectivity index (χ4v) is 1.63. The van der Waals surface area contributed by atoms with Crippen LogP contribution in [0.5, 0.6) is 0 Å². The average Bonchev–Trinajstić information content (AvgIpc) is 2.71. The summed E-state index contributed by atoms with van der Waals surface area (Å²) in [4.78, 5) is 11.8. The Kier molecular flexibility index (Phi) is 3.75. The third-order valence-electron chi connectivity index (χ3n) is 2.54. The third-order valence-corrected chi connectivity index (χ3v) is 2.54. The number of rotatable bonds is 3. The van der Waals surface area contributed by atoms with E-state index in [2.05, 4.69) is 10.5 Å². The molecule has 1 aromatic carbocycles. The maximum atomic E-state index is 12.7. The molecule has 0 saturated carbocycles. The van der Waals surface area contributed by atoms with E-state index in [1.165, 1.54) is 18.3 Å². The molecule has 1 aromatic heterocycles. The van der Waals surface area contributed by atoms with Crippen LogP contribution in [-0.4, -0.2) is 12.1 Å². The lowest BCUT2D eigenvalue weighted by atomic mass is 10.2. The number of amides is 1. The van der Waals surface area contributed by atoms with Crippen molar-refractivity contribution in [2.24, 2.45) is 5.10 Å². The molecule has 2 aromatic rings. The number of hydrazone groups is 1. The quantitative estimate of drug-likeness (QED) is 0.681. The van der Waals surface area contributed by atoms with Gasteiger partial charge < -0.3 is 4.42 Å². The number of carbonyl (C=O) groups is 1. The lowest BCUT2D eigenvalue weighted by Crippen LogP contribution is -2.17. The van der Waals surface area contributed by atoms with Gasteiger partial charge in [-0.05, 0) is 37.6 Å². The van der Waals surface area contributed by atoms with Crippen molar-refractivity contribution in [1.82, 2.24) is 5.43 Å². The van der Waals surface area contributed by atoms with E-state index in [1.807, 2.05) is 0 Å². The third kappa shape index (κ3) is 3.28. The second kappa shape index (κ2) is 5.48. The van der Waals surface area contributed by atoms with Crippen LogP contribution in [0, 0.1) is 19.7 Å². The Morgan fingerprint density at radius 3 is 2.58 bits per heavy atom. The number of furan rings is 1. The Hall–Kier alpha value is -2.43. The molecule has 98 valence electrons. The van der Waals surface area contributed by atoms with E-state index in [-0.39, 0.29) is 11.7 Å². The number of carbonyl (C=O) groups excluding carboxylic acids is 1. The van der Waals surface area contributed by atoms with Gasteiger partial charge in [0.1, 0.15) is 17.3 Å². The summed E-state index contributed by atoms with van der Waals surface area (Å²) in [5.74, 6) is 0.565. The van der Waals surface area contributed by atoms with Crippen molar-refractivity contribution in [3.05, 3.63) is 58.8 Å². The highest BCUT2D eigenvalue weighted by atomic mass is 19.1. The van der Waals surface area contributed by atoms with Crippen LogP contribution in [0.3, 0.4) is 0 Å². The van der Waals surface area contributed by atoms with E-state index < -0.39 is 0 Å². The van der Waals surface area contributed by atoms with Crippen LogP contribution in [0.15, 0.2) is 39.9 Å². The molecule has 0 aliphatic carbocycles. The monoisotopic (exact) mass is 260 g/mol. The lowest BCUT2D eigenvalue weighted by Gasteiger charge is -1.97. The minimum atomic E-state index is -0.340. The van der Waals surface area contributed by atoms with E-state index in [1.54, 1.807) is 32.0 Å². The van der Waals surface area contributed by atoms with Crippen LogP contribution < -0.4 is 5.43 Å². The topological polar surface area (TPSA) is 54.6 Å². The number of halogens is 1. The smallest absolute Gasteiger partial charge is 0.274 e. The van der Waals surface area contributed by atoms with E-state index in [4.69, 9.17) is 4.42 Å². The standard InChI is InChI=1S/C14H13FN2O2/c1-9-7-13(10(2)19-9)14(18)17-16-8-11-3-5-12(15)6-4-11/h3-8H,1-2H3,(H,17,18). The summed E-state index contributed by atoms with van der Waals surface area (Å²) in [7, 11) is 0. The van der Waals surface area contributed by atoms with Gasteiger partial charge in [-0.15, -0.1) is 0 Å². The van der Waals surface area contributed by atoms with Crippen LogP contribution >= 0.6 is 0 Å². The second-order valence-electron chi connectivity index (χ2n) is 4.08. The Labute approximate surface area is 109 Å². The molecular weight excluding hydrogens is 247 g/mol. The Morgan fingerprint density at radius 2 is 2.00 bits per heavy atom. The molecule has 2 rings (SSSR count). The van der Waals surface area contributed by atoms with E-state index in [9.17, 15) is 9.18 Å². The van der Waals surface area contributed by atoms with Crippen molar-refractivity contribution in [2.75, 3.05) is 0 Å². The predicted octanol–water partition coefficient (Wildman–Crippen LogP) is 2.80. The molecule has 19 heavy (non-hydrogen) atoms. The fraction of sp³-hybridized carbons (Fsp3) is 0.143. The highest BCUT2D eigenvalue weighted by molar-refractivity contribution is 5.95. The Bertz CT molecular complexity index is 615. The molecule has 1 amide bonds. The van der Waals surface area contributed by atoms with Gasteiger partial charge in [0.25, 0.3) is 5.91 Å². The van der Waals surface area contributed by atoms with Gasteiger partial charge in [-0.3, -0.25) is 4.79 Å². The number of aryl methyl sites for hydroxylation is 2. The van der Waals surface area contributed by atoms with Crippen molar-refractivity contribution >= 4 is 12.1 Å². The van der Waals surface area contributed by atoms with Crippen LogP contribution in [0.4, 0.5) is 4.39 Å². The van der Waals surface area contributed by atoms with Gasteiger partial charge in [-0.1, -0.05) is 12.1 Å². The van der Waals surface area contributed by atoms with Gasteiger partial charge in [-0.2, -0.15) is 5.10 Å². The second-order valence-corrected chi connectivity index (χ2v) is 4.08. The molecule has 5 heteroatoms. The van der Waals surface area contributed by atoms with Crippen molar-refractivity contribution < 1.29 is 13.6 Å². The molecule has 1 heterocycles. The van der Waals surface area contributed by atoms with Crippen molar-refractivity contribution in [1.29, 1.82) is 0 Å². The van der Waals surface area contributed by atoms with E-state index in [0.717, 1.165) is 0 Å². The molecule has 0 aliphatic heterocycles. The highest BCUT2D eigenvalue weighted by Gasteiger charge is 2.12. The summed E-state index contributed by atoms with van der Waals surface area (Å²) in [6.45, 7) is 3.48. The molecule has 0 bridgehead atoms. The van der Waals surface area contributed by atoms with Gasteiger partial charge in [0.2, 0.25) is 0 Å². The molecule has 0 fully saturated rings. The number of hydrogen-bond acceptors (Lipinski definition) is 3. The molecule has 0 spiro atoms. The van der Waals surface area contributed by atoms with Crippen molar-refractivity contribution in [2.45, 2.75) is 13.8 Å². The largest absolute Gasteiger partial charge is 0.466 e. The molecule has 0 unspecified atom stereocenters. The van der Waals surface area contributed by atoms with Gasteiger partial charge in [0.05, 0.1) is 11.8 Å². The summed E-state index contributed by atoms with van der Waals surface area (Å²) >= 11 is 0. The summed E-state index contributed by atoms with van der Waals surface area (Å²) in [6.07, 6.45) is 1.44. The molecule has 4 nitrogen and oxygen atoms in total. The summed E-state index contributed by atoms with van der Waals surface area (Å²) < 4.78 is 17.9. The van der Waals surface area contributed by atoms with Gasteiger partial charge in [-0.25, -0.2) is 9.82 Å². The van der Waals surface area contributed by atoms with Crippen molar-refractivity contribution in [3.8, 4) is 0 Å². The number of nitrogens with one attached hydrogen (secondary N) is 1. The summed E-state index contributed by atoms with van der Waals surface area (Å²) in [5, 5.41) is 3.81. The molecule has 0 radical (unpaired) electrons. The SMILES string of the molecule is Cc1cc(C(=O)NN=Cc2ccc(F)cc2)c(C)o1. The number of hydrogen-bond donors (Lipinski definition) is 1. The van der Waals surface area contributed by atoms with Crippen LogP contribution in [0.2, 0.25) is 0 Å². The van der Waals surface area contributed by atoms with Crippen LogP contribution in [0.1, 0.15) is 27.4 Å². The Morgan fingerprint density at radius 1 is 1.32 bits per heavy atom. The van der Waals surface area contributed by atoms with E-state index in [0.29, 0.717) is 22.6 Å². The van der Waals surface area contributed by atoms with Crippen molar-refractivity contribution in [3.63, 3.8) is 0 Å². The molecule has 0 saturated heterocycles. The maximum absolute atomic E-state index is 12.7. The zero-order valence-corrected chi connectivity index (χ0v) is 10.6. The molecule has 1 N–H and O–H groups in total. The fourth-order valence-electron chi connectivity index (χ4n) is 1.63. The zero-order chi connectivity index (χ0) is 13.8. The maximum Gasteiger partial charge on any atom is 0.274 e. The van der Waals surface area contributed by atoms with Crippen LogP contribution in [0.25, 0.3) is 0 Å². The first-order valence-electron chi connectivity index (χ1n) is 5.72. The van der Waals surface area contributed by atoms with E-state index >= 15 is 0 Å². The molecular formula is C14H13FN2O2. The predicted molar refractivity (Wildman–Crippen MR) is 69.6 cm³/mol. The van der Waals surface area contributed by atoms with Crippen LogP contribution in [-0.2, 0) is 0 Å². The van der Waals surface area contributed by atoms with Gasteiger partial charge >= 0.3 is 0 Å².